The number of benzene rings is 2. The number of fused-ring (bicyclic) bond motifs is 1. The van der Waals surface area contributed by atoms with E-state index < -0.39 is 27.7 Å². The monoisotopic (exact) mass is 580 g/mol. The van der Waals surface area contributed by atoms with E-state index in [1.54, 1.807) is 40.1 Å². The smallest absolute Gasteiger partial charge is 0.471 e. The standard InChI is InChI=1S/C27H31F3N4O5S/c1-3-33(4-2)24(35)19-8-6-18(7-9-19)22-17-26(12-5-14-34(15-13-26)25(36)27(28,29)30)39-23-11-10-20(16-21(22)23)40(37,38)32-31/h6-11,16-17,32H,3-5,12-15,31H2,1-2H3. The van der Waals surface area contributed by atoms with E-state index in [2.05, 4.69) is 0 Å². The lowest BCUT2D eigenvalue weighted by atomic mass is 9.84. The summed E-state index contributed by atoms with van der Waals surface area (Å²) in [4.78, 5) is 28.9. The third-order valence-electron chi connectivity index (χ3n) is 7.28. The number of hydrogen-bond donors (Lipinski definition) is 2. The second kappa shape index (κ2) is 11.2. The Morgan fingerprint density at radius 3 is 2.35 bits per heavy atom. The van der Waals surface area contributed by atoms with Crippen molar-refractivity contribution in [2.75, 3.05) is 26.2 Å². The second-order valence-electron chi connectivity index (χ2n) is 9.70. The number of ether oxygens (including phenoxy) is 1. The predicted octanol–water partition coefficient (Wildman–Crippen LogP) is 3.46. The quantitative estimate of drug-likeness (QED) is 0.399. The molecule has 9 nitrogen and oxygen atoms in total. The van der Waals surface area contributed by atoms with Gasteiger partial charge in [-0.25, -0.2) is 8.42 Å². The Bertz CT molecular complexity index is 1420. The van der Waals surface area contributed by atoms with Crippen LogP contribution in [-0.4, -0.2) is 68.0 Å². The fourth-order valence-corrected chi connectivity index (χ4v) is 5.77. The molecule has 1 saturated heterocycles. The van der Waals surface area contributed by atoms with E-state index in [9.17, 15) is 31.2 Å². The van der Waals surface area contributed by atoms with Crippen molar-refractivity contribution in [3.63, 3.8) is 0 Å². The van der Waals surface area contributed by atoms with Gasteiger partial charge in [-0.15, -0.1) is 0 Å². The van der Waals surface area contributed by atoms with E-state index in [0.717, 1.165) is 4.90 Å². The number of halogens is 3. The third kappa shape index (κ3) is 5.86. The highest BCUT2D eigenvalue weighted by atomic mass is 32.2. The zero-order valence-electron chi connectivity index (χ0n) is 22.1. The van der Waals surface area contributed by atoms with Crippen molar-refractivity contribution in [1.82, 2.24) is 14.6 Å². The molecule has 1 fully saturated rings. The molecule has 0 aliphatic carbocycles. The first-order valence-electron chi connectivity index (χ1n) is 12.9. The molecule has 2 heterocycles. The Morgan fingerprint density at radius 2 is 1.75 bits per heavy atom. The highest BCUT2D eigenvalue weighted by Crippen LogP contribution is 2.44. The topological polar surface area (TPSA) is 122 Å². The number of sulfonamides is 1. The summed E-state index contributed by atoms with van der Waals surface area (Å²) in [5.74, 6) is 3.54. The molecule has 3 N–H and O–H groups in total. The number of carbonyl (C=O) groups is 2. The fraction of sp³-hybridized carbons (Fsp3) is 0.407. The molecular formula is C27H31F3N4O5S. The maximum absolute atomic E-state index is 13.1. The Kier molecular flexibility index (Phi) is 8.29. The van der Waals surface area contributed by atoms with Crippen LogP contribution < -0.4 is 15.4 Å². The molecule has 40 heavy (non-hydrogen) atoms. The number of rotatable bonds is 6. The number of alkyl halides is 3. The predicted molar refractivity (Wildman–Crippen MR) is 142 cm³/mol. The molecule has 2 amide bonds. The molecule has 0 saturated carbocycles. The van der Waals surface area contributed by atoms with Gasteiger partial charge in [0.25, 0.3) is 15.9 Å². The highest BCUT2D eigenvalue weighted by Gasteiger charge is 2.45. The number of nitrogens with two attached hydrogens (primary N) is 1. The van der Waals surface area contributed by atoms with Gasteiger partial charge < -0.3 is 14.5 Å². The van der Waals surface area contributed by atoms with Gasteiger partial charge in [0.2, 0.25) is 0 Å². The normalized spacial score (nSPS) is 19.4. The van der Waals surface area contributed by atoms with Crippen LogP contribution in [0.4, 0.5) is 13.2 Å². The molecule has 0 radical (unpaired) electrons. The largest absolute Gasteiger partial charge is 0.482 e. The second-order valence-corrected chi connectivity index (χ2v) is 11.4. The summed E-state index contributed by atoms with van der Waals surface area (Å²) in [6.07, 6.45) is -2.49. The van der Waals surface area contributed by atoms with Crippen LogP contribution in [0.3, 0.4) is 0 Å². The number of carbonyl (C=O) groups excluding carboxylic acids is 2. The first kappa shape index (κ1) is 29.6. The minimum Gasteiger partial charge on any atom is -0.482 e. The number of nitrogens with one attached hydrogen (secondary N) is 1. The number of hydrogen-bond acceptors (Lipinski definition) is 6. The van der Waals surface area contributed by atoms with Crippen molar-refractivity contribution in [3.05, 3.63) is 65.2 Å². The molecule has 1 unspecified atom stereocenters. The van der Waals surface area contributed by atoms with Gasteiger partial charge in [0.05, 0.1) is 4.90 Å². The average molecular weight is 581 g/mol. The van der Waals surface area contributed by atoms with Gasteiger partial charge >= 0.3 is 12.1 Å². The van der Waals surface area contributed by atoms with Crippen molar-refractivity contribution in [2.24, 2.45) is 5.84 Å². The van der Waals surface area contributed by atoms with E-state index >= 15 is 0 Å². The van der Waals surface area contributed by atoms with E-state index in [1.807, 2.05) is 13.8 Å². The summed E-state index contributed by atoms with van der Waals surface area (Å²) in [7, 11) is -4.00. The number of nitrogens with zero attached hydrogens (tertiary/aromatic N) is 2. The molecule has 0 bridgehead atoms. The molecule has 13 heteroatoms. The van der Waals surface area contributed by atoms with E-state index in [4.69, 9.17) is 10.6 Å². The van der Waals surface area contributed by atoms with Crippen molar-refractivity contribution in [3.8, 4) is 5.75 Å². The first-order chi connectivity index (χ1) is 18.8. The maximum Gasteiger partial charge on any atom is 0.471 e. The summed E-state index contributed by atoms with van der Waals surface area (Å²) in [5.41, 5.74) is 1.13. The molecule has 2 aliphatic rings. The number of likely N-dealkylation sites (tertiary alicyclic amines) is 1. The molecular weight excluding hydrogens is 549 g/mol. The molecule has 0 aromatic heterocycles. The van der Waals surface area contributed by atoms with Crippen molar-refractivity contribution >= 4 is 27.4 Å². The summed E-state index contributed by atoms with van der Waals surface area (Å²) < 4.78 is 70.5. The zero-order chi connectivity index (χ0) is 29.3. The van der Waals surface area contributed by atoms with Gasteiger partial charge in [0.1, 0.15) is 11.4 Å². The minimum absolute atomic E-state index is 0.0685. The van der Waals surface area contributed by atoms with Gasteiger partial charge in [0.15, 0.2) is 0 Å². The molecule has 216 valence electrons. The summed E-state index contributed by atoms with van der Waals surface area (Å²) in [6.45, 7) is 4.64. The van der Waals surface area contributed by atoms with E-state index in [-0.39, 0.29) is 36.7 Å². The van der Waals surface area contributed by atoms with Crippen LogP contribution in [0.5, 0.6) is 5.75 Å². The molecule has 4 rings (SSSR count). The van der Waals surface area contributed by atoms with Crippen LogP contribution in [0.25, 0.3) is 5.57 Å². The van der Waals surface area contributed by atoms with Gasteiger partial charge in [-0.1, -0.05) is 12.1 Å². The van der Waals surface area contributed by atoms with Crippen molar-refractivity contribution < 1.29 is 35.9 Å². The zero-order valence-corrected chi connectivity index (χ0v) is 22.9. The highest BCUT2D eigenvalue weighted by molar-refractivity contribution is 7.89. The minimum atomic E-state index is -4.97. The first-order valence-corrected chi connectivity index (χ1v) is 14.4. The Labute approximate surface area is 230 Å². The van der Waals surface area contributed by atoms with Crippen LogP contribution in [0, 0.1) is 0 Å². The Hall–Kier alpha value is -3.42. The lowest BCUT2D eigenvalue weighted by molar-refractivity contribution is -0.185. The van der Waals surface area contributed by atoms with Gasteiger partial charge in [-0.2, -0.15) is 18.0 Å². The van der Waals surface area contributed by atoms with Gasteiger partial charge in [-0.05, 0) is 74.2 Å². The van der Waals surface area contributed by atoms with Crippen LogP contribution in [0.2, 0.25) is 0 Å². The van der Waals surface area contributed by atoms with E-state index in [1.165, 1.54) is 18.2 Å². The lowest BCUT2D eigenvalue weighted by Crippen LogP contribution is -2.43. The summed E-state index contributed by atoms with van der Waals surface area (Å²) in [6, 6.07) is 11.1. The lowest BCUT2D eigenvalue weighted by Gasteiger charge is -2.37. The van der Waals surface area contributed by atoms with Crippen LogP contribution in [0.15, 0.2) is 53.4 Å². The average Bonchev–Trinajstić information content (AvgIpc) is 3.14. The molecule has 2 aromatic carbocycles. The summed E-state index contributed by atoms with van der Waals surface area (Å²) in [5, 5.41) is 0. The molecule has 2 aromatic rings. The Balaban J connectivity index is 1.77. The van der Waals surface area contributed by atoms with Crippen LogP contribution >= 0.6 is 0 Å². The van der Waals surface area contributed by atoms with Crippen LogP contribution in [0.1, 0.15) is 54.6 Å². The third-order valence-corrected chi connectivity index (χ3v) is 8.47. The van der Waals surface area contributed by atoms with Gasteiger partial charge in [0, 0.05) is 43.7 Å². The van der Waals surface area contributed by atoms with Crippen molar-refractivity contribution in [1.29, 1.82) is 0 Å². The number of hydrazine groups is 1. The maximum atomic E-state index is 13.1. The fourth-order valence-electron chi connectivity index (χ4n) is 5.12. The molecule has 2 aliphatic heterocycles. The summed E-state index contributed by atoms with van der Waals surface area (Å²) >= 11 is 0. The molecule has 1 atom stereocenters. The van der Waals surface area contributed by atoms with Crippen LogP contribution in [-0.2, 0) is 14.8 Å². The van der Waals surface area contributed by atoms with E-state index in [0.29, 0.717) is 47.5 Å². The molecule has 1 spiro atoms. The Morgan fingerprint density at radius 1 is 1.07 bits per heavy atom. The van der Waals surface area contributed by atoms with Crippen molar-refractivity contribution in [2.45, 2.75) is 49.8 Å². The number of amides is 2. The SMILES string of the molecule is CCN(CC)C(=O)c1ccc(C2=CC3(CCCN(C(=O)C(F)(F)F)CC3)Oc3ccc(S(=O)(=O)NN)cc32)cc1. The van der Waals surface area contributed by atoms with Gasteiger partial charge in [-0.3, -0.25) is 15.4 Å².